The lowest BCUT2D eigenvalue weighted by molar-refractivity contribution is -0.137. The molecule has 0 heterocycles. The van der Waals surface area contributed by atoms with Crippen LogP contribution in [-0.2, 0) is 16.0 Å². The minimum atomic E-state index is -0.320. The Kier molecular flexibility index (Phi) is 6.89. The first-order valence-electron chi connectivity index (χ1n) is 7.88. The van der Waals surface area contributed by atoms with Gasteiger partial charge in [0, 0.05) is 11.1 Å². The van der Waals surface area contributed by atoms with E-state index in [-0.39, 0.29) is 5.97 Å². The van der Waals surface area contributed by atoms with Crippen molar-refractivity contribution in [1.82, 2.24) is 0 Å². The normalized spacial score (nSPS) is 11.2. The number of carbonyl (C=O) groups is 1. The Morgan fingerprint density at radius 1 is 1.08 bits per heavy atom. The number of allylic oxidation sites excluding steroid dienone is 1. The summed E-state index contributed by atoms with van der Waals surface area (Å²) >= 11 is 5.92. The zero-order chi connectivity index (χ0) is 17.4. The van der Waals surface area contributed by atoms with Gasteiger partial charge in [-0.05, 0) is 60.7 Å². The fourth-order valence-electron chi connectivity index (χ4n) is 2.36. The SMILES string of the molecule is CCOC(=O)/C=C(/CCc1ccc(Cl)cc1)c1ccc(OC)cc1. The van der Waals surface area contributed by atoms with Crippen LogP contribution in [-0.4, -0.2) is 19.7 Å². The van der Waals surface area contributed by atoms with Crippen molar-refractivity contribution < 1.29 is 14.3 Å². The molecule has 0 radical (unpaired) electrons. The third kappa shape index (κ3) is 5.43. The van der Waals surface area contributed by atoms with Crippen molar-refractivity contribution in [2.45, 2.75) is 19.8 Å². The second kappa shape index (κ2) is 9.14. The smallest absolute Gasteiger partial charge is 0.331 e. The van der Waals surface area contributed by atoms with Crippen LogP contribution in [0.5, 0.6) is 5.75 Å². The molecular formula is C20H21ClO3. The zero-order valence-electron chi connectivity index (χ0n) is 13.9. The summed E-state index contributed by atoms with van der Waals surface area (Å²) < 4.78 is 10.2. The molecule has 0 aliphatic carbocycles. The molecule has 0 aliphatic rings. The van der Waals surface area contributed by atoms with E-state index < -0.39 is 0 Å². The first kappa shape index (κ1) is 18.1. The number of benzene rings is 2. The summed E-state index contributed by atoms with van der Waals surface area (Å²) in [5, 5.41) is 0.719. The first-order chi connectivity index (χ1) is 11.6. The number of esters is 1. The summed E-state index contributed by atoms with van der Waals surface area (Å²) in [5.74, 6) is 0.464. The molecule has 0 saturated carbocycles. The zero-order valence-corrected chi connectivity index (χ0v) is 14.7. The van der Waals surface area contributed by atoms with Crippen LogP contribution in [0.25, 0.3) is 5.57 Å². The molecule has 0 aromatic heterocycles. The van der Waals surface area contributed by atoms with Crippen LogP contribution in [0.2, 0.25) is 5.02 Å². The van der Waals surface area contributed by atoms with Gasteiger partial charge < -0.3 is 9.47 Å². The van der Waals surface area contributed by atoms with Crippen molar-refractivity contribution in [3.05, 3.63) is 70.8 Å². The van der Waals surface area contributed by atoms with E-state index in [9.17, 15) is 4.79 Å². The molecule has 0 amide bonds. The second-order valence-corrected chi connectivity index (χ2v) is 5.71. The highest BCUT2D eigenvalue weighted by Crippen LogP contribution is 2.24. The molecule has 0 fully saturated rings. The quantitative estimate of drug-likeness (QED) is 0.528. The van der Waals surface area contributed by atoms with Gasteiger partial charge in [0.1, 0.15) is 5.75 Å². The number of hydrogen-bond donors (Lipinski definition) is 0. The molecule has 0 N–H and O–H groups in total. The lowest BCUT2D eigenvalue weighted by Gasteiger charge is -2.10. The summed E-state index contributed by atoms with van der Waals surface area (Å²) in [4.78, 5) is 11.9. The van der Waals surface area contributed by atoms with E-state index in [2.05, 4.69) is 0 Å². The summed E-state index contributed by atoms with van der Waals surface area (Å²) in [6.07, 6.45) is 3.11. The standard InChI is InChI=1S/C20H21ClO3/c1-3-24-20(22)14-17(16-8-12-19(23-2)13-9-16)7-4-15-5-10-18(21)11-6-15/h5-6,8-14H,3-4,7H2,1-2H3/b17-14-. The molecule has 0 atom stereocenters. The molecule has 0 unspecified atom stereocenters. The Hall–Kier alpha value is -2.26. The molecule has 2 rings (SSSR count). The van der Waals surface area contributed by atoms with Gasteiger partial charge in [-0.15, -0.1) is 0 Å². The molecule has 3 nitrogen and oxygen atoms in total. The molecule has 2 aromatic carbocycles. The molecule has 0 saturated heterocycles. The largest absolute Gasteiger partial charge is 0.497 e. The van der Waals surface area contributed by atoms with Gasteiger partial charge >= 0.3 is 5.97 Å². The van der Waals surface area contributed by atoms with Gasteiger partial charge in [-0.2, -0.15) is 0 Å². The lowest BCUT2D eigenvalue weighted by Crippen LogP contribution is -2.02. The third-order valence-electron chi connectivity index (χ3n) is 3.64. The highest BCUT2D eigenvalue weighted by atomic mass is 35.5. The Balaban J connectivity index is 2.18. The molecule has 4 heteroatoms. The van der Waals surface area contributed by atoms with Gasteiger partial charge in [-0.3, -0.25) is 0 Å². The van der Waals surface area contributed by atoms with Crippen LogP contribution in [0.3, 0.4) is 0 Å². The third-order valence-corrected chi connectivity index (χ3v) is 3.89. The maximum Gasteiger partial charge on any atom is 0.331 e. The second-order valence-electron chi connectivity index (χ2n) is 5.28. The molecule has 126 valence electrons. The van der Waals surface area contributed by atoms with Crippen molar-refractivity contribution in [1.29, 1.82) is 0 Å². The van der Waals surface area contributed by atoms with E-state index in [1.807, 2.05) is 48.5 Å². The Morgan fingerprint density at radius 3 is 2.33 bits per heavy atom. The molecule has 24 heavy (non-hydrogen) atoms. The number of hydrogen-bond acceptors (Lipinski definition) is 3. The van der Waals surface area contributed by atoms with E-state index in [0.29, 0.717) is 6.61 Å². The monoisotopic (exact) mass is 344 g/mol. The molecular weight excluding hydrogens is 324 g/mol. The van der Waals surface area contributed by atoms with Crippen LogP contribution < -0.4 is 4.74 Å². The van der Waals surface area contributed by atoms with Crippen LogP contribution in [0, 0.1) is 0 Å². The van der Waals surface area contributed by atoms with Gasteiger partial charge in [0.25, 0.3) is 0 Å². The maximum atomic E-state index is 11.9. The minimum absolute atomic E-state index is 0.320. The van der Waals surface area contributed by atoms with Crippen LogP contribution in [0.4, 0.5) is 0 Å². The summed E-state index contributed by atoms with van der Waals surface area (Å²) in [6.45, 7) is 2.16. The number of carbonyl (C=O) groups excluding carboxylic acids is 1. The van der Waals surface area contributed by atoms with E-state index in [0.717, 1.165) is 34.8 Å². The summed E-state index contributed by atoms with van der Waals surface area (Å²) in [6, 6.07) is 15.4. The average Bonchev–Trinajstić information content (AvgIpc) is 2.60. The molecule has 0 spiro atoms. The number of methoxy groups -OCH3 is 1. The van der Waals surface area contributed by atoms with E-state index in [1.165, 1.54) is 5.56 Å². The van der Waals surface area contributed by atoms with Gasteiger partial charge in [0.15, 0.2) is 0 Å². The van der Waals surface area contributed by atoms with E-state index >= 15 is 0 Å². The van der Waals surface area contributed by atoms with Crippen LogP contribution >= 0.6 is 11.6 Å². The van der Waals surface area contributed by atoms with Crippen LogP contribution in [0.1, 0.15) is 24.5 Å². The van der Waals surface area contributed by atoms with Crippen molar-refractivity contribution >= 4 is 23.1 Å². The topological polar surface area (TPSA) is 35.5 Å². The predicted octanol–water partition coefficient (Wildman–Crippen LogP) is 4.93. The van der Waals surface area contributed by atoms with Gasteiger partial charge in [0.05, 0.1) is 13.7 Å². The predicted molar refractivity (Wildman–Crippen MR) is 97.4 cm³/mol. The Labute approximate surface area is 147 Å². The van der Waals surface area contributed by atoms with Crippen molar-refractivity contribution in [3.8, 4) is 5.75 Å². The molecule has 0 aliphatic heterocycles. The van der Waals surface area contributed by atoms with E-state index in [4.69, 9.17) is 21.1 Å². The van der Waals surface area contributed by atoms with Gasteiger partial charge in [-0.1, -0.05) is 35.9 Å². The van der Waals surface area contributed by atoms with Crippen molar-refractivity contribution in [2.24, 2.45) is 0 Å². The van der Waals surface area contributed by atoms with Crippen molar-refractivity contribution in [2.75, 3.05) is 13.7 Å². The van der Waals surface area contributed by atoms with Crippen molar-refractivity contribution in [3.63, 3.8) is 0 Å². The van der Waals surface area contributed by atoms with E-state index in [1.54, 1.807) is 20.1 Å². The van der Waals surface area contributed by atoms with Gasteiger partial charge in [0.2, 0.25) is 0 Å². The number of ether oxygens (including phenoxy) is 2. The van der Waals surface area contributed by atoms with Gasteiger partial charge in [-0.25, -0.2) is 4.79 Å². The molecule has 2 aromatic rings. The highest BCUT2D eigenvalue weighted by Gasteiger charge is 2.07. The number of rotatable bonds is 7. The molecule has 0 bridgehead atoms. The van der Waals surface area contributed by atoms with Crippen LogP contribution in [0.15, 0.2) is 54.6 Å². The number of aryl methyl sites for hydroxylation is 1. The highest BCUT2D eigenvalue weighted by molar-refractivity contribution is 6.30. The maximum absolute atomic E-state index is 11.9. The summed E-state index contributed by atoms with van der Waals surface area (Å²) in [5.41, 5.74) is 3.09. The fraction of sp³-hybridized carbons (Fsp3) is 0.250. The number of halogens is 1. The summed E-state index contributed by atoms with van der Waals surface area (Å²) in [7, 11) is 1.63. The first-order valence-corrected chi connectivity index (χ1v) is 8.26. The Morgan fingerprint density at radius 2 is 1.75 bits per heavy atom. The fourth-order valence-corrected chi connectivity index (χ4v) is 2.49. The average molecular weight is 345 g/mol. The minimum Gasteiger partial charge on any atom is -0.497 e. The lowest BCUT2D eigenvalue weighted by atomic mass is 9.98. The Bertz CT molecular complexity index is 688.